The highest BCUT2D eigenvalue weighted by Crippen LogP contribution is 2.37. The molecule has 0 fully saturated rings. The molecular formula is C16H19N3S2. The number of fused-ring (bicyclic) bond motifs is 1. The predicted molar refractivity (Wildman–Crippen MR) is 93.4 cm³/mol. The van der Waals surface area contributed by atoms with Crippen molar-refractivity contribution < 1.29 is 0 Å². The molecule has 0 aliphatic carbocycles. The van der Waals surface area contributed by atoms with E-state index in [-0.39, 0.29) is 0 Å². The molecule has 2 N–H and O–H groups in total. The molecule has 0 saturated heterocycles. The van der Waals surface area contributed by atoms with Crippen molar-refractivity contribution in [3.8, 4) is 0 Å². The Labute approximate surface area is 134 Å². The number of rotatable bonds is 2. The minimum Gasteiger partial charge on any atom is -0.389 e. The molecule has 0 radical (unpaired) electrons. The lowest BCUT2D eigenvalue weighted by Gasteiger charge is -2.36. The van der Waals surface area contributed by atoms with Crippen molar-refractivity contribution in [1.82, 2.24) is 4.98 Å². The van der Waals surface area contributed by atoms with E-state index in [1.54, 1.807) is 0 Å². The van der Waals surface area contributed by atoms with Crippen LogP contribution in [0.3, 0.4) is 0 Å². The number of aryl methyl sites for hydroxylation is 2. The van der Waals surface area contributed by atoms with Crippen LogP contribution in [-0.4, -0.2) is 16.5 Å². The van der Waals surface area contributed by atoms with Gasteiger partial charge in [-0.3, -0.25) is 0 Å². The normalized spacial score (nSPS) is 17.7. The second-order valence-electron chi connectivity index (χ2n) is 5.56. The third-order valence-corrected chi connectivity index (χ3v) is 5.32. The van der Waals surface area contributed by atoms with Crippen LogP contribution in [-0.2, 0) is 6.42 Å². The largest absolute Gasteiger partial charge is 0.389 e. The van der Waals surface area contributed by atoms with Crippen molar-refractivity contribution in [3.05, 3.63) is 44.8 Å². The number of nitrogens with two attached hydrogens (primary N) is 1. The Morgan fingerprint density at radius 1 is 1.48 bits per heavy atom. The van der Waals surface area contributed by atoms with E-state index in [0.717, 1.165) is 35.6 Å². The summed E-state index contributed by atoms with van der Waals surface area (Å²) in [6.07, 6.45) is 1.06. The van der Waals surface area contributed by atoms with Gasteiger partial charge in [0.05, 0.1) is 11.6 Å². The molecule has 1 aliphatic heterocycles. The molecule has 1 unspecified atom stereocenters. The van der Waals surface area contributed by atoms with E-state index < -0.39 is 0 Å². The third-order valence-electron chi connectivity index (χ3n) is 4.12. The second-order valence-corrected chi connectivity index (χ2v) is 7.00. The molecule has 3 rings (SSSR count). The monoisotopic (exact) mass is 317 g/mol. The van der Waals surface area contributed by atoms with Crippen molar-refractivity contribution in [3.63, 3.8) is 0 Å². The number of anilines is 1. The summed E-state index contributed by atoms with van der Waals surface area (Å²) in [7, 11) is 0. The van der Waals surface area contributed by atoms with Gasteiger partial charge in [-0.1, -0.05) is 12.2 Å². The Morgan fingerprint density at radius 2 is 2.24 bits per heavy atom. The van der Waals surface area contributed by atoms with Crippen molar-refractivity contribution in [1.29, 1.82) is 0 Å². The molecule has 3 nitrogen and oxygen atoms in total. The zero-order chi connectivity index (χ0) is 15.1. The van der Waals surface area contributed by atoms with Crippen LogP contribution in [0, 0.1) is 13.8 Å². The van der Waals surface area contributed by atoms with E-state index in [0.29, 0.717) is 11.0 Å². The fraction of sp³-hybridized carbons (Fsp3) is 0.375. The average molecular weight is 317 g/mol. The van der Waals surface area contributed by atoms with Gasteiger partial charge in [-0.05, 0) is 55.8 Å². The minimum absolute atomic E-state index is 0.307. The smallest absolute Gasteiger partial charge is 0.139 e. The van der Waals surface area contributed by atoms with E-state index in [1.807, 2.05) is 24.3 Å². The molecule has 0 aromatic carbocycles. The fourth-order valence-electron chi connectivity index (χ4n) is 3.13. The molecule has 21 heavy (non-hydrogen) atoms. The van der Waals surface area contributed by atoms with Crippen LogP contribution < -0.4 is 10.6 Å². The SMILES string of the molecule is Cc1cc(C)c(C(N)=S)c(N2CCc3sccc3C2C)n1. The number of aromatic nitrogens is 1. The molecule has 0 spiro atoms. The third kappa shape index (κ3) is 2.45. The lowest BCUT2D eigenvalue weighted by molar-refractivity contribution is 0.623. The highest BCUT2D eigenvalue weighted by Gasteiger charge is 2.28. The van der Waals surface area contributed by atoms with Crippen molar-refractivity contribution in [2.45, 2.75) is 33.2 Å². The molecule has 0 bridgehead atoms. The zero-order valence-corrected chi connectivity index (χ0v) is 14.1. The average Bonchev–Trinajstić information content (AvgIpc) is 2.86. The van der Waals surface area contributed by atoms with E-state index in [1.165, 1.54) is 10.4 Å². The van der Waals surface area contributed by atoms with E-state index >= 15 is 0 Å². The van der Waals surface area contributed by atoms with Gasteiger partial charge in [-0.25, -0.2) is 4.98 Å². The Bertz CT molecular complexity index is 706. The highest BCUT2D eigenvalue weighted by atomic mass is 32.1. The molecule has 1 atom stereocenters. The molecule has 2 aromatic rings. The standard InChI is InChI=1S/C16H19N3S2/c1-9-8-10(2)18-16(14(9)15(17)20)19-6-4-13-12(11(19)3)5-7-21-13/h5,7-8,11H,4,6H2,1-3H3,(H2,17,20). The van der Waals surface area contributed by atoms with Gasteiger partial charge in [0.15, 0.2) is 0 Å². The van der Waals surface area contributed by atoms with Crippen molar-refractivity contribution in [2.75, 3.05) is 11.4 Å². The number of nitrogens with zero attached hydrogens (tertiary/aromatic N) is 2. The first-order chi connectivity index (χ1) is 9.99. The van der Waals surface area contributed by atoms with Crippen LogP contribution in [0.25, 0.3) is 0 Å². The molecular weight excluding hydrogens is 298 g/mol. The van der Waals surface area contributed by atoms with Crippen LogP contribution in [0.1, 0.15) is 40.2 Å². The van der Waals surface area contributed by atoms with Gasteiger partial charge in [0.2, 0.25) is 0 Å². The minimum atomic E-state index is 0.307. The maximum absolute atomic E-state index is 5.96. The highest BCUT2D eigenvalue weighted by molar-refractivity contribution is 7.80. The van der Waals surface area contributed by atoms with Crippen LogP contribution in [0.15, 0.2) is 17.5 Å². The van der Waals surface area contributed by atoms with Gasteiger partial charge in [0.1, 0.15) is 10.8 Å². The summed E-state index contributed by atoms with van der Waals surface area (Å²) in [6, 6.07) is 4.57. The Kier molecular flexibility index (Phi) is 3.71. The summed E-state index contributed by atoms with van der Waals surface area (Å²) in [4.78, 5) is 9.00. The predicted octanol–water partition coefficient (Wildman–Crippen LogP) is 3.52. The molecule has 0 amide bonds. The van der Waals surface area contributed by atoms with Crippen molar-refractivity contribution >= 4 is 34.4 Å². The van der Waals surface area contributed by atoms with E-state index in [9.17, 15) is 0 Å². The quantitative estimate of drug-likeness (QED) is 0.861. The van der Waals surface area contributed by atoms with Crippen LogP contribution >= 0.6 is 23.6 Å². The lowest BCUT2D eigenvalue weighted by Crippen LogP contribution is -2.35. The zero-order valence-electron chi connectivity index (χ0n) is 12.5. The summed E-state index contributed by atoms with van der Waals surface area (Å²) < 4.78 is 0. The van der Waals surface area contributed by atoms with E-state index in [2.05, 4.69) is 30.2 Å². The van der Waals surface area contributed by atoms with Crippen LogP contribution in [0.2, 0.25) is 0 Å². The van der Waals surface area contributed by atoms with Gasteiger partial charge in [-0.2, -0.15) is 0 Å². The molecule has 1 aliphatic rings. The first-order valence-corrected chi connectivity index (χ1v) is 8.38. The lowest BCUT2D eigenvalue weighted by atomic mass is 9.99. The molecule has 2 aromatic heterocycles. The van der Waals surface area contributed by atoms with Gasteiger partial charge in [-0.15, -0.1) is 11.3 Å². The Morgan fingerprint density at radius 3 is 2.95 bits per heavy atom. The van der Waals surface area contributed by atoms with E-state index in [4.69, 9.17) is 22.9 Å². The van der Waals surface area contributed by atoms with Gasteiger partial charge < -0.3 is 10.6 Å². The summed E-state index contributed by atoms with van der Waals surface area (Å²) in [5.74, 6) is 0.935. The number of thiocarbonyl (C=S) groups is 1. The maximum atomic E-state index is 5.96. The molecule has 5 heteroatoms. The number of thiophene rings is 1. The van der Waals surface area contributed by atoms with Crippen LogP contribution in [0.4, 0.5) is 5.82 Å². The second kappa shape index (κ2) is 5.39. The topological polar surface area (TPSA) is 42.1 Å². The first-order valence-electron chi connectivity index (χ1n) is 7.10. The summed E-state index contributed by atoms with van der Waals surface area (Å²) in [5, 5.41) is 2.17. The fourth-order valence-corrected chi connectivity index (χ4v) is 4.34. The summed E-state index contributed by atoms with van der Waals surface area (Å²) >= 11 is 7.11. The molecule has 110 valence electrons. The number of hydrogen-bond donors (Lipinski definition) is 1. The number of hydrogen-bond acceptors (Lipinski definition) is 4. The van der Waals surface area contributed by atoms with Crippen LogP contribution in [0.5, 0.6) is 0 Å². The first kappa shape index (κ1) is 14.5. The maximum Gasteiger partial charge on any atom is 0.139 e. The van der Waals surface area contributed by atoms with Gasteiger partial charge >= 0.3 is 0 Å². The molecule has 3 heterocycles. The number of pyridine rings is 1. The van der Waals surface area contributed by atoms with Gasteiger partial charge in [0.25, 0.3) is 0 Å². The summed E-state index contributed by atoms with van der Waals surface area (Å²) in [6.45, 7) is 7.26. The van der Waals surface area contributed by atoms with Crippen molar-refractivity contribution in [2.24, 2.45) is 5.73 Å². The van der Waals surface area contributed by atoms with Gasteiger partial charge in [0, 0.05) is 17.1 Å². The molecule has 0 saturated carbocycles. The Hall–Kier alpha value is -1.46. The Balaban J connectivity index is 2.11. The summed E-state index contributed by atoms with van der Waals surface area (Å²) in [5.41, 5.74) is 10.4.